The number of nitrogens with one attached hydrogen (secondary N) is 1. The van der Waals surface area contributed by atoms with Gasteiger partial charge in [-0.1, -0.05) is 19.9 Å². The first-order valence-corrected chi connectivity index (χ1v) is 6.54. The van der Waals surface area contributed by atoms with Crippen molar-refractivity contribution in [1.82, 2.24) is 5.32 Å². The topological polar surface area (TPSA) is 55.4 Å². The normalized spacial score (nSPS) is 12.1. The molecule has 1 amide bonds. The highest BCUT2D eigenvalue weighted by molar-refractivity contribution is 5.92. The average Bonchev–Trinajstić information content (AvgIpc) is 2.38. The highest BCUT2D eigenvalue weighted by Crippen LogP contribution is 2.11. The number of rotatable bonds is 5. The number of benzene rings is 1. The SMILES string of the molecule is Cc1ccc(F)cc1C(=O)OCC(=O)NC(C)C(C)C. The summed E-state index contributed by atoms with van der Waals surface area (Å²) < 4.78 is 18.0. The third kappa shape index (κ3) is 4.64. The molecule has 20 heavy (non-hydrogen) atoms. The third-order valence-electron chi connectivity index (χ3n) is 3.14. The molecule has 1 atom stereocenters. The number of ether oxygens (including phenoxy) is 1. The van der Waals surface area contributed by atoms with E-state index in [9.17, 15) is 14.0 Å². The number of hydrogen-bond donors (Lipinski definition) is 1. The molecule has 0 spiro atoms. The summed E-state index contributed by atoms with van der Waals surface area (Å²) in [6, 6.07) is 3.86. The highest BCUT2D eigenvalue weighted by Gasteiger charge is 2.15. The minimum Gasteiger partial charge on any atom is -0.452 e. The van der Waals surface area contributed by atoms with Crippen LogP contribution in [-0.2, 0) is 9.53 Å². The Morgan fingerprint density at radius 3 is 2.55 bits per heavy atom. The Balaban J connectivity index is 2.55. The second-order valence-electron chi connectivity index (χ2n) is 5.14. The molecule has 1 unspecified atom stereocenters. The van der Waals surface area contributed by atoms with Crippen molar-refractivity contribution < 1.29 is 18.7 Å². The van der Waals surface area contributed by atoms with E-state index in [-0.39, 0.29) is 24.1 Å². The molecule has 4 nitrogen and oxygen atoms in total. The number of carbonyl (C=O) groups excluding carboxylic acids is 2. The predicted octanol–water partition coefficient (Wildman–Crippen LogP) is 2.45. The van der Waals surface area contributed by atoms with E-state index in [1.807, 2.05) is 20.8 Å². The van der Waals surface area contributed by atoms with Gasteiger partial charge < -0.3 is 10.1 Å². The van der Waals surface area contributed by atoms with E-state index in [1.165, 1.54) is 12.1 Å². The molecule has 0 aliphatic carbocycles. The van der Waals surface area contributed by atoms with Crippen LogP contribution in [0.4, 0.5) is 4.39 Å². The summed E-state index contributed by atoms with van der Waals surface area (Å²) in [6.07, 6.45) is 0. The number of esters is 1. The summed E-state index contributed by atoms with van der Waals surface area (Å²) >= 11 is 0. The van der Waals surface area contributed by atoms with Crippen LogP contribution in [0.25, 0.3) is 0 Å². The standard InChI is InChI=1S/C15H20FNO3/c1-9(2)11(4)17-14(18)8-20-15(19)13-7-12(16)6-5-10(13)3/h5-7,9,11H,8H2,1-4H3,(H,17,18). The summed E-state index contributed by atoms with van der Waals surface area (Å²) in [5.74, 6) is -1.29. The van der Waals surface area contributed by atoms with Crippen LogP contribution in [0.2, 0.25) is 0 Å². The van der Waals surface area contributed by atoms with Gasteiger partial charge in [-0.05, 0) is 37.5 Å². The molecule has 0 radical (unpaired) electrons. The van der Waals surface area contributed by atoms with Crippen LogP contribution in [0.5, 0.6) is 0 Å². The van der Waals surface area contributed by atoms with Crippen molar-refractivity contribution >= 4 is 11.9 Å². The fourth-order valence-electron chi connectivity index (χ4n) is 1.49. The molecule has 0 saturated carbocycles. The molecule has 0 saturated heterocycles. The molecule has 0 aliphatic heterocycles. The van der Waals surface area contributed by atoms with Crippen LogP contribution < -0.4 is 5.32 Å². The first-order chi connectivity index (χ1) is 9.31. The number of carbonyl (C=O) groups is 2. The van der Waals surface area contributed by atoms with Gasteiger partial charge in [0, 0.05) is 6.04 Å². The Labute approximate surface area is 118 Å². The molecule has 0 fully saturated rings. The van der Waals surface area contributed by atoms with Crippen LogP contribution >= 0.6 is 0 Å². The van der Waals surface area contributed by atoms with E-state index < -0.39 is 11.8 Å². The third-order valence-corrected chi connectivity index (χ3v) is 3.14. The van der Waals surface area contributed by atoms with E-state index >= 15 is 0 Å². The smallest absolute Gasteiger partial charge is 0.339 e. The molecule has 1 N–H and O–H groups in total. The van der Waals surface area contributed by atoms with Crippen LogP contribution in [0.3, 0.4) is 0 Å². The molecule has 1 aromatic carbocycles. The van der Waals surface area contributed by atoms with Crippen LogP contribution in [-0.4, -0.2) is 24.5 Å². The van der Waals surface area contributed by atoms with Gasteiger partial charge in [0.25, 0.3) is 5.91 Å². The zero-order chi connectivity index (χ0) is 15.3. The average molecular weight is 281 g/mol. The Bertz CT molecular complexity index is 500. The van der Waals surface area contributed by atoms with Crippen LogP contribution in [0.15, 0.2) is 18.2 Å². The van der Waals surface area contributed by atoms with Crippen LogP contribution in [0, 0.1) is 18.7 Å². The zero-order valence-corrected chi connectivity index (χ0v) is 12.2. The lowest BCUT2D eigenvalue weighted by Gasteiger charge is -2.17. The van der Waals surface area contributed by atoms with Gasteiger partial charge in [0.15, 0.2) is 6.61 Å². The maximum Gasteiger partial charge on any atom is 0.339 e. The lowest BCUT2D eigenvalue weighted by molar-refractivity contribution is -0.125. The molecular formula is C15H20FNO3. The Hall–Kier alpha value is -1.91. The summed E-state index contributed by atoms with van der Waals surface area (Å²) in [5, 5.41) is 2.72. The number of aryl methyl sites for hydroxylation is 1. The van der Waals surface area contributed by atoms with Crippen molar-refractivity contribution in [3.63, 3.8) is 0 Å². The Morgan fingerprint density at radius 1 is 1.30 bits per heavy atom. The molecule has 110 valence electrons. The molecule has 5 heteroatoms. The lowest BCUT2D eigenvalue weighted by Crippen LogP contribution is -2.38. The second kappa shape index (κ2) is 7.03. The van der Waals surface area contributed by atoms with E-state index in [1.54, 1.807) is 6.92 Å². The molecule has 0 aromatic heterocycles. The molecular weight excluding hydrogens is 261 g/mol. The maximum atomic E-state index is 13.1. The molecule has 1 aromatic rings. The summed E-state index contributed by atoms with van der Waals surface area (Å²) in [4.78, 5) is 23.4. The van der Waals surface area contributed by atoms with Crippen molar-refractivity contribution in [2.45, 2.75) is 33.7 Å². The minimum absolute atomic E-state index is 0.00268. The van der Waals surface area contributed by atoms with Gasteiger partial charge in [0.05, 0.1) is 5.56 Å². The van der Waals surface area contributed by atoms with Gasteiger partial charge in [-0.25, -0.2) is 9.18 Å². The van der Waals surface area contributed by atoms with Gasteiger partial charge in [-0.15, -0.1) is 0 Å². The van der Waals surface area contributed by atoms with E-state index in [2.05, 4.69) is 5.32 Å². The van der Waals surface area contributed by atoms with Crippen molar-refractivity contribution in [2.24, 2.45) is 5.92 Å². The van der Waals surface area contributed by atoms with Crippen molar-refractivity contribution in [1.29, 1.82) is 0 Å². The zero-order valence-electron chi connectivity index (χ0n) is 12.2. The van der Waals surface area contributed by atoms with Gasteiger partial charge in [-0.2, -0.15) is 0 Å². The van der Waals surface area contributed by atoms with Gasteiger partial charge in [-0.3, -0.25) is 4.79 Å². The Kier molecular flexibility index (Phi) is 5.67. The first-order valence-electron chi connectivity index (χ1n) is 6.54. The minimum atomic E-state index is -0.700. The summed E-state index contributed by atoms with van der Waals surface area (Å²) in [7, 11) is 0. The number of amides is 1. The fraction of sp³-hybridized carbons (Fsp3) is 0.467. The van der Waals surface area contributed by atoms with E-state index in [4.69, 9.17) is 4.74 Å². The maximum absolute atomic E-state index is 13.1. The molecule has 0 aliphatic rings. The fourth-order valence-corrected chi connectivity index (χ4v) is 1.49. The van der Waals surface area contributed by atoms with Crippen molar-refractivity contribution in [3.05, 3.63) is 35.1 Å². The van der Waals surface area contributed by atoms with E-state index in [0.717, 1.165) is 6.07 Å². The van der Waals surface area contributed by atoms with Crippen molar-refractivity contribution in [3.8, 4) is 0 Å². The number of halogens is 1. The summed E-state index contributed by atoms with van der Waals surface area (Å²) in [6.45, 7) is 7.14. The van der Waals surface area contributed by atoms with Crippen LogP contribution in [0.1, 0.15) is 36.7 Å². The van der Waals surface area contributed by atoms with Gasteiger partial charge in [0.2, 0.25) is 0 Å². The molecule has 1 rings (SSSR count). The predicted molar refractivity (Wildman–Crippen MR) is 73.9 cm³/mol. The summed E-state index contributed by atoms with van der Waals surface area (Å²) in [5.41, 5.74) is 0.738. The second-order valence-corrected chi connectivity index (χ2v) is 5.14. The Morgan fingerprint density at radius 2 is 1.95 bits per heavy atom. The number of hydrogen-bond acceptors (Lipinski definition) is 3. The van der Waals surface area contributed by atoms with Gasteiger partial charge in [0.1, 0.15) is 5.82 Å². The van der Waals surface area contributed by atoms with Crippen molar-refractivity contribution in [2.75, 3.05) is 6.61 Å². The molecule has 0 bridgehead atoms. The largest absolute Gasteiger partial charge is 0.452 e. The first kappa shape index (κ1) is 16.1. The lowest BCUT2D eigenvalue weighted by atomic mass is 10.1. The monoisotopic (exact) mass is 281 g/mol. The van der Waals surface area contributed by atoms with Gasteiger partial charge >= 0.3 is 5.97 Å². The quantitative estimate of drug-likeness (QED) is 0.843. The van der Waals surface area contributed by atoms with E-state index in [0.29, 0.717) is 11.5 Å². The molecule has 0 heterocycles. The highest BCUT2D eigenvalue weighted by atomic mass is 19.1.